The Morgan fingerprint density at radius 1 is 1.50 bits per heavy atom. The molecule has 0 bridgehead atoms. The van der Waals surface area contributed by atoms with Gasteiger partial charge in [-0.2, -0.15) is 0 Å². The summed E-state index contributed by atoms with van der Waals surface area (Å²) in [5.74, 6) is 0.708. The Bertz CT molecular complexity index is 250. The third kappa shape index (κ3) is 6.59. The van der Waals surface area contributed by atoms with Crippen molar-refractivity contribution in [3.63, 3.8) is 0 Å². The summed E-state index contributed by atoms with van der Waals surface area (Å²) in [6.45, 7) is 2.34. The standard InChI is InChI=1S/C8H18N2O2S.ClH/c1-7(9)4-5-10-13(11,12)6-8-2-3-8;/h7-8,10H,2-6,9H2,1H3;1H. The van der Waals surface area contributed by atoms with Crippen molar-refractivity contribution >= 4 is 22.4 Å². The Morgan fingerprint density at radius 3 is 2.50 bits per heavy atom. The van der Waals surface area contributed by atoms with E-state index >= 15 is 0 Å². The number of sulfonamides is 1. The van der Waals surface area contributed by atoms with Crippen LogP contribution in [0.15, 0.2) is 0 Å². The molecule has 0 aromatic rings. The second-order valence-corrected chi connectivity index (χ2v) is 5.74. The average Bonchev–Trinajstić information content (AvgIpc) is 2.68. The van der Waals surface area contributed by atoms with Gasteiger partial charge in [0.15, 0.2) is 0 Å². The van der Waals surface area contributed by atoms with Gasteiger partial charge in [-0.3, -0.25) is 0 Å². The number of hydrogen-bond donors (Lipinski definition) is 2. The topological polar surface area (TPSA) is 72.2 Å². The molecule has 0 heterocycles. The van der Waals surface area contributed by atoms with E-state index in [-0.39, 0.29) is 18.4 Å². The van der Waals surface area contributed by atoms with Crippen LogP contribution in [0, 0.1) is 5.92 Å². The lowest BCUT2D eigenvalue weighted by Gasteiger charge is -2.07. The average molecular weight is 243 g/mol. The minimum Gasteiger partial charge on any atom is -0.328 e. The van der Waals surface area contributed by atoms with Crippen LogP contribution in [0.1, 0.15) is 26.2 Å². The first-order chi connectivity index (χ1) is 5.99. The van der Waals surface area contributed by atoms with Gasteiger partial charge in [-0.15, -0.1) is 12.4 Å². The Labute approximate surface area is 92.1 Å². The monoisotopic (exact) mass is 242 g/mol. The van der Waals surface area contributed by atoms with Crippen LogP contribution in [0.25, 0.3) is 0 Å². The molecule has 0 saturated heterocycles. The zero-order chi connectivity index (χ0) is 9.90. The van der Waals surface area contributed by atoms with Crippen molar-refractivity contribution < 1.29 is 8.42 Å². The highest BCUT2D eigenvalue weighted by Gasteiger charge is 2.27. The van der Waals surface area contributed by atoms with Crippen LogP contribution in [-0.2, 0) is 10.0 Å². The summed E-state index contributed by atoms with van der Waals surface area (Å²) in [5, 5.41) is 0. The molecule has 1 unspecified atom stereocenters. The molecule has 4 nitrogen and oxygen atoms in total. The molecule has 3 N–H and O–H groups in total. The normalized spacial score (nSPS) is 18.7. The van der Waals surface area contributed by atoms with Gasteiger partial charge < -0.3 is 5.73 Å². The SMILES string of the molecule is CC(N)CCNS(=O)(=O)CC1CC1.Cl. The number of hydrogen-bond acceptors (Lipinski definition) is 3. The molecule has 1 aliphatic carbocycles. The summed E-state index contributed by atoms with van der Waals surface area (Å²) in [7, 11) is -3.02. The summed E-state index contributed by atoms with van der Waals surface area (Å²) in [6.07, 6.45) is 2.83. The van der Waals surface area contributed by atoms with Crippen molar-refractivity contribution in [2.24, 2.45) is 11.7 Å². The third-order valence-corrected chi connectivity index (χ3v) is 3.63. The maximum absolute atomic E-state index is 11.3. The summed E-state index contributed by atoms with van der Waals surface area (Å²) in [4.78, 5) is 0. The van der Waals surface area contributed by atoms with Crippen LogP contribution < -0.4 is 10.5 Å². The fourth-order valence-corrected chi connectivity index (χ4v) is 2.60. The summed E-state index contributed by atoms with van der Waals surface area (Å²) >= 11 is 0. The van der Waals surface area contributed by atoms with Gasteiger partial charge in [-0.05, 0) is 32.1 Å². The largest absolute Gasteiger partial charge is 0.328 e. The highest BCUT2D eigenvalue weighted by atomic mass is 35.5. The van der Waals surface area contributed by atoms with Crippen LogP contribution in [0.4, 0.5) is 0 Å². The number of nitrogens with two attached hydrogens (primary N) is 1. The molecule has 0 aromatic carbocycles. The zero-order valence-corrected chi connectivity index (χ0v) is 10.0. The van der Waals surface area contributed by atoms with E-state index in [9.17, 15) is 8.42 Å². The lowest BCUT2D eigenvalue weighted by Crippen LogP contribution is -2.31. The lowest BCUT2D eigenvalue weighted by atomic mass is 10.3. The van der Waals surface area contributed by atoms with Crippen molar-refractivity contribution in [1.29, 1.82) is 0 Å². The van der Waals surface area contributed by atoms with Gasteiger partial charge >= 0.3 is 0 Å². The fraction of sp³-hybridized carbons (Fsp3) is 1.00. The Hall–Kier alpha value is 0.160. The van der Waals surface area contributed by atoms with Crippen molar-refractivity contribution in [3.8, 4) is 0 Å². The van der Waals surface area contributed by atoms with Gasteiger partial charge in [0.25, 0.3) is 0 Å². The lowest BCUT2D eigenvalue weighted by molar-refractivity contribution is 0.568. The molecule has 1 fully saturated rings. The van der Waals surface area contributed by atoms with E-state index in [0.717, 1.165) is 12.8 Å². The number of rotatable bonds is 6. The van der Waals surface area contributed by atoms with Crippen LogP contribution in [0.3, 0.4) is 0 Å². The van der Waals surface area contributed by atoms with Gasteiger partial charge in [0, 0.05) is 12.6 Å². The highest BCUT2D eigenvalue weighted by Crippen LogP contribution is 2.29. The first-order valence-electron chi connectivity index (χ1n) is 4.72. The molecule has 0 aromatic heterocycles. The molecule has 0 radical (unpaired) electrons. The molecule has 6 heteroatoms. The first-order valence-corrected chi connectivity index (χ1v) is 6.38. The minimum absolute atomic E-state index is 0. The van der Waals surface area contributed by atoms with Gasteiger partial charge in [0.2, 0.25) is 10.0 Å². The zero-order valence-electron chi connectivity index (χ0n) is 8.40. The van der Waals surface area contributed by atoms with Crippen LogP contribution in [0.5, 0.6) is 0 Å². The van der Waals surface area contributed by atoms with E-state index in [2.05, 4.69) is 4.72 Å². The summed E-state index contributed by atoms with van der Waals surface area (Å²) in [5.41, 5.74) is 5.50. The molecule has 0 spiro atoms. The molecule has 0 amide bonds. The van der Waals surface area contributed by atoms with E-state index in [4.69, 9.17) is 5.73 Å². The highest BCUT2D eigenvalue weighted by molar-refractivity contribution is 7.89. The molecular weight excluding hydrogens is 224 g/mol. The van der Waals surface area contributed by atoms with Gasteiger partial charge in [0.1, 0.15) is 0 Å². The molecule has 1 saturated carbocycles. The molecule has 0 aliphatic heterocycles. The predicted octanol–water partition coefficient (Wildman–Crippen LogP) is 0.475. The second-order valence-electron chi connectivity index (χ2n) is 3.89. The molecule has 1 aliphatic rings. The van der Waals surface area contributed by atoms with E-state index in [1.54, 1.807) is 0 Å². The fourth-order valence-electron chi connectivity index (χ4n) is 1.10. The maximum atomic E-state index is 11.3. The van der Waals surface area contributed by atoms with Gasteiger partial charge in [-0.1, -0.05) is 0 Å². The van der Waals surface area contributed by atoms with Crippen LogP contribution >= 0.6 is 12.4 Å². The van der Waals surface area contributed by atoms with E-state index in [0.29, 0.717) is 24.6 Å². The van der Waals surface area contributed by atoms with E-state index in [1.807, 2.05) is 6.92 Å². The Balaban J connectivity index is 0.00000169. The second kappa shape index (κ2) is 5.90. The number of nitrogens with one attached hydrogen (secondary N) is 1. The summed E-state index contributed by atoms with van der Waals surface area (Å²) < 4.78 is 25.2. The first kappa shape index (κ1) is 14.2. The molecule has 1 rings (SSSR count). The molecule has 86 valence electrons. The maximum Gasteiger partial charge on any atom is 0.211 e. The molecule has 1 atom stereocenters. The molecular formula is C8H19ClN2O2S. The third-order valence-electron chi connectivity index (χ3n) is 2.07. The molecule has 14 heavy (non-hydrogen) atoms. The van der Waals surface area contributed by atoms with Crippen molar-refractivity contribution in [2.45, 2.75) is 32.2 Å². The predicted molar refractivity (Wildman–Crippen MR) is 60.0 cm³/mol. The smallest absolute Gasteiger partial charge is 0.211 e. The van der Waals surface area contributed by atoms with E-state index < -0.39 is 10.0 Å². The quantitative estimate of drug-likeness (QED) is 0.712. The van der Waals surface area contributed by atoms with E-state index in [1.165, 1.54) is 0 Å². The number of halogens is 1. The Morgan fingerprint density at radius 2 is 2.07 bits per heavy atom. The van der Waals surface area contributed by atoms with Crippen molar-refractivity contribution in [1.82, 2.24) is 4.72 Å². The Kier molecular flexibility index (Phi) is 5.97. The minimum atomic E-state index is -3.02. The van der Waals surface area contributed by atoms with Gasteiger partial charge in [-0.25, -0.2) is 13.1 Å². The summed E-state index contributed by atoms with van der Waals surface area (Å²) in [6, 6.07) is 0.0589. The van der Waals surface area contributed by atoms with Crippen LogP contribution in [-0.4, -0.2) is 26.8 Å². The van der Waals surface area contributed by atoms with Crippen LogP contribution in [0.2, 0.25) is 0 Å². The van der Waals surface area contributed by atoms with Crippen molar-refractivity contribution in [2.75, 3.05) is 12.3 Å². The van der Waals surface area contributed by atoms with Crippen molar-refractivity contribution in [3.05, 3.63) is 0 Å². The van der Waals surface area contributed by atoms with Gasteiger partial charge in [0.05, 0.1) is 5.75 Å².